The summed E-state index contributed by atoms with van der Waals surface area (Å²) in [4.78, 5) is 33.0. The molecule has 4 atom stereocenters. The number of aliphatic carboxylic acids is 2. The van der Waals surface area contributed by atoms with Gasteiger partial charge in [-0.1, -0.05) is 25.5 Å². The second kappa shape index (κ2) is 11.2. The number of carboxylic acids is 2. The molecule has 0 radical (unpaired) electrons. The molecule has 8 heteroatoms. The van der Waals surface area contributed by atoms with Crippen LogP contribution in [0.5, 0.6) is 0 Å². The molecule has 1 unspecified atom stereocenters. The van der Waals surface area contributed by atoms with E-state index in [-0.39, 0.29) is 16.8 Å². The van der Waals surface area contributed by atoms with Crippen molar-refractivity contribution in [1.82, 2.24) is 4.90 Å². The van der Waals surface area contributed by atoms with Gasteiger partial charge in [0.2, 0.25) is 0 Å². The highest BCUT2D eigenvalue weighted by Crippen LogP contribution is 2.62. The molecule has 190 valence electrons. The van der Waals surface area contributed by atoms with Crippen LogP contribution in [0.2, 0.25) is 0 Å². The van der Waals surface area contributed by atoms with E-state index < -0.39 is 11.9 Å². The van der Waals surface area contributed by atoms with Gasteiger partial charge < -0.3 is 24.3 Å². The largest absolute Gasteiger partial charge is 0.473 e. The average Bonchev–Trinajstić information content (AvgIpc) is 3.18. The molecule has 8 nitrogen and oxygen atoms in total. The molecule has 3 rings (SSSR count). The first-order valence-corrected chi connectivity index (χ1v) is 11.8. The van der Waals surface area contributed by atoms with Gasteiger partial charge in [0.05, 0.1) is 25.3 Å². The number of furan rings is 1. The number of carboxylic acid groups (broad SMARTS) is 2. The maximum absolute atomic E-state index is 12.7. The molecule has 0 aliphatic heterocycles. The molecule has 0 saturated heterocycles. The Morgan fingerprint density at radius 3 is 2.41 bits per heavy atom. The van der Waals surface area contributed by atoms with Gasteiger partial charge in [0, 0.05) is 0 Å². The van der Waals surface area contributed by atoms with Crippen molar-refractivity contribution in [2.75, 3.05) is 21.2 Å². The predicted molar refractivity (Wildman–Crippen MR) is 127 cm³/mol. The van der Waals surface area contributed by atoms with Gasteiger partial charge in [-0.25, -0.2) is 9.59 Å². The molecule has 1 heterocycles. The fourth-order valence-corrected chi connectivity index (χ4v) is 6.28. The number of aryl methyl sites for hydroxylation is 1. The van der Waals surface area contributed by atoms with Crippen molar-refractivity contribution in [2.45, 2.75) is 65.3 Å². The van der Waals surface area contributed by atoms with Crippen LogP contribution in [0.15, 0.2) is 28.9 Å². The van der Waals surface area contributed by atoms with Crippen molar-refractivity contribution in [1.29, 1.82) is 0 Å². The first-order valence-electron chi connectivity index (χ1n) is 11.8. The van der Waals surface area contributed by atoms with E-state index in [0.717, 1.165) is 50.8 Å². The number of carbonyl (C=O) groups is 3. The normalized spacial score (nSPS) is 28.5. The van der Waals surface area contributed by atoms with E-state index in [0.29, 0.717) is 11.8 Å². The molecule has 0 spiro atoms. The smallest absolute Gasteiger partial charge is 0.414 e. The Balaban J connectivity index is 0.000000604. The molecular weight excluding hydrogens is 438 g/mol. The number of hydrogen-bond acceptors (Lipinski definition) is 6. The van der Waals surface area contributed by atoms with E-state index in [1.54, 1.807) is 0 Å². The van der Waals surface area contributed by atoms with E-state index in [2.05, 4.69) is 45.5 Å². The van der Waals surface area contributed by atoms with Gasteiger partial charge >= 0.3 is 17.9 Å². The number of ether oxygens (including phenoxy) is 1. The third-order valence-corrected chi connectivity index (χ3v) is 7.85. The van der Waals surface area contributed by atoms with E-state index in [1.807, 2.05) is 6.26 Å². The highest BCUT2D eigenvalue weighted by Gasteiger charge is 2.57. The average molecular weight is 478 g/mol. The van der Waals surface area contributed by atoms with Gasteiger partial charge in [-0.2, -0.15) is 0 Å². The molecule has 0 bridgehead atoms. The highest BCUT2D eigenvalue weighted by molar-refractivity contribution is 6.27. The number of esters is 1. The number of fused-ring (bicyclic) bond motifs is 1. The number of hydrogen-bond donors (Lipinski definition) is 2. The van der Waals surface area contributed by atoms with Gasteiger partial charge in [0.1, 0.15) is 5.76 Å². The van der Waals surface area contributed by atoms with E-state index in [1.165, 1.54) is 24.7 Å². The SMILES string of the molecule is C=C1CCC2[C@](C)(CCC[C@]2(C)C(=O)OC)[C@H]1CCc1ccoc1CN(C)C.O=C(O)C(=O)O. The van der Waals surface area contributed by atoms with Crippen LogP contribution in [0.1, 0.15) is 63.7 Å². The minimum atomic E-state index is -1.82. The van der Waals surface area contributed by atoms with Crippen molar-refractivity contribution in [3.63, 3.8) is 0 Å². The van der Waals surface area contributed by atoms with E-state index in [9.17, 15) is 4.79 Å². The minimum Gasteiger partial charge on any atom is -0.473 e. The summed E-state index contributed by atoms with van der Waals surface area (Å²) in [5, 5.41) is 14.8. The molecule has 2 N–H and O–H groups in total. The maximum atomic E-state index is 12.7. The van der Waals surface area contributed by atoms with Gasteiger partial charge in [0.25, 0.3) is 0 Å². The summed E-state index contributed by atoms with van der Waals surface area (Å²) in [6.07, 6.45) is 9.15. The zero-order valence-corrected chi connectivity index (χ0v) is 21.1. The third-order valence-electron chi connectivity index (χ3n) is 7.85. The van der Waals surface area contributed by atoms with Crippen LogP contribution in [0.25, 0.3) is 0 Å². The Labute approximate surface area is 202 Å². The molecule has 2 aliphatic carbocycles. The molecule has 0 aromatic carbocycles. The molecule has 34 heavy (non-hydrogen) atoms. The number of carbonyl (C=O) groups excluding carboxylic acids is 1. The van der Waals surface area contributed by atoms with E-state index >= 15 is 0 Å². The van der Waals surface area contributed by atoms with Gasteiger partial charge in [-0.15, -0.1) is 0 Å². The first-order chi connectivity index (χ1) is 15.9. The summed E-state index contributed by atoms with van der Waals surface area (Å²) in [5.41, 5.74) is 2.42. The lowest BCUT2D eigenvalue weighted by Gasteiger charge is -2.57. The lowest BCUT2D eigenvalue weighted by atomic mass is 9.46. The lowest BCUT2D eigenvalue weighted by molar-refractivity contribution is -0.168. The number of rotatable bonds is 6. The Morgan fingerprint density at radius 2 is 1.85 bits per heavy atom. The zero-order valence-electron chi connectivity index (χ0n) is 21.1. The minimum absolute atomic E-state index is 0.0298. The van der Waals surface area contributed by atoms with Crippen molar-refractivity contribution in [3.8, 4) is 0 Å². The summed E-state index contributed by atoms with van der Waals surface area (Å²) >= 11 is 0. The van der Waals surface area contributed by atoms with Gasteiger partial charge in [0.15, 0.2) is 0 Å². The van der Waals surface area contributed by atoms with Crippen molar-refractivity contribution < 1.29 is 33.8 Å². The van der Waals surface area contributed by atoms with E-state index in [4.69, 9.17) is 29.0 Å². The van der Waals surface area contributed by atoms with Crippen molar-refractivity contribution in [2.24, 2.45) is 22.7 Å². The van der Waals surface area contributed by atoms with Crippen LogP contribution in [-0.2, 0) is 32.1 Å². The Kier molecular flexibility index (Phi) is 9.11. The molecule has 1 aromatic rings. The number of allylic oxidation sites excluding steroid dienone is 1. The summed E-state index contributed by atoms with van der Waals surface area (Å²) < 4.78 is 11.0. The second-order valence-corrected chi connectivity index (χ2v) is 10.3. The quantitative estimate of drug-likeness (QED) is 0.352. The monoisotopic (exact) mass is 477 g/mol. The highest BCUT2D eigenvalue weighted by atomic mass is 16.5. The van der Waals surface area contributed by atoms with Crippen LogP contribution in [0.3, 0.4) is 0 Å². The van der Waals surface area contributed by atoms with Crippen LogP contribution < -0.4 is 0 Å². The molecule has 2 fully saturated rings. The fourth-order valence-electron chi connectivity index (χ4n) is 6.28. The van der Waals surface area contributed by atoms with Crippen molar-refractivity contribution >= 4 is 17.9 Å². The Bertz CT molecular complexity index is 893. The standard InChI is InChI=1S/C24H37NO3.C2H2O4/c1-17-8-11-21-23(2,13-7-14-24(21,3)22(26)27-6)19(17)10-9-18-12-15-28-20(18)16-25(4)5;3-1(4)2(5)6/h12,15,19,21H,1,7-11,13-14,16H2,2-6H3;(H,3,4)(H,5,6)/t19-,21?,23+,24-;/m0./s1. The zero-order chi connectivity index (χ0) is 25.7. The van der Waals surface area contributed by atoms with Crippen LogP contribution in [-0.4, -0.2) is 54.2 Å². The molecule has 0 amide bonds. The first kappa shape index (κ1) is 27.6. The van der Waals surface area contributed by atoms with Gasteiger partial charge in [-0.3, -0.25) is 4.79 Å². The Hall–Kier alpha value is -2.61. The number of methoxy groups -OCH3 is 1. The van der Waals surface area contributed by atoms with Crippen LogP contribution in [0.4, 0.5) is 0 Å². The lowest BCUT2D eigenvalue weighted by Crippen LogP contribution is -2.53. The van der Waals surface area contributed by atoms with Crippen LogP contribution >= 0.6 is 0 Å². The summed E-state index contributed by atoms with van der Waals surface area (Å²) in [5.74, 6) is -1.81. The second-order valence-electron chi connectivity index (χ2n) is 10.3. The van der Waals surface area contributed by atoms with Gasteiger partial charge in [-0.05, 0) is 88.4 Å². The molecule has 2 saturated carbocycles. The fraction of sp³-hybridized carbons (Fsp3) is 0.654. The third kappa shape index (κ3) is 5.90. The Morgan fingerprint density at radius 1 is 1.21 bits per heavy atom. The maximum Gasteiger partial charge on any atom is 0.414 e. The molecule has 2 aliphatic rings. The molecule has 1 aromatic heterocycles. The number of nitrogens with zero attached hydrogens (tertiary/aromatic N) is 1. The summed E-state index contributed by atoms with van der Waals surface area (Å²) in [6.45, 7) is 9.84. The topological polar surface area (TPSA) is 117 Å². The molecular formula is C26H39NO7. The predicted octanol–water partition coefficient (Wildman–Crippen LogP) is 4.38. The summed E-state index contributed by atoms with van der Waals surface area (Å²) in [7, 11) is 5.66. The van der Waals surface area contributed by atoms with Crippen molar-refractivity contribution in [3.05, 3.63) is 35.8 Å². The summed E-state index contributed by atoms with van der Waals surface area (Å²) in [6, 6.07) is 2.11. The van der Waals surface area contributed by atoms with Crippen LogP contribution in [0, 0.1) is 22.7 Å².